The second-order valence-electron chi connectivity index (χ2n) is 6.02. The maximum absolute atomic E-state index is 4.90. The predicted octanol–water partition coefficient (Wildman–Crippen LogP) is 3.58. The van der Waals surface area contributed by atoms with E-state index in [9.17, 15) is 0 Å². The molecular formula is C17H29N3. The molecule has 0 aliphatic carbocycles. The van der Waals surface area contributed by atoms with E-state index in [0.717, 1.165) is 18.8 Å². The molecule has 1 saturated heterocycles. The minimum atomic E-state index is 0.654. The first-order valence-electron chi connectivity index (χ1n) is 8.05. The molecule has 1 atom stereocenters. The summed E-state index contributed by atoms with van der Waals surface area (Å²) in [6, 6.07) is 2.86. The van der Waals surface area contributed by atoms with Gasteiger partial charge in [0.2, 0.25) is 0 Å². The zero-order valence-electron chi connectivity index (χ0n) is 13.5. The Kier molecular flexibility index (Phi) is 5.41. The Morgan fingerprint density at radius 2 is 2.10 bits per heavy atom. The van der Waals surface area contributed by atoms with Crippen molar-refractivity contribution in [3.63, 3.8) is 0 Å². The molecule has 0 radical (unpaired) electrons. The van der Waals surface area contributed by atoms with Crippen LogP contribution in [-0.4, -0.2) is 24.6 Å². The third-order valence-electron chi connectivity index (χ3n) is 4.43. The first kappa shape index (κ1) is 15.3. The quantitative estimate of drug-likeness (QED) is 0.910. The van der Waals surface area contributed by atoms with Gasteiger partial charge in [0.05, 0.1) is 0 Å². The molecule has 0 bridgehead atoms. The molecule has 2 rings (SSSR count). The predicted molar refractivity (Wildman–Crippen MR) is 86.4 cm³/mol. The SMILES string of the molecule is CCC1CCCCCN1c1nc(C)cc(C)c1CNC. The fourth-order valence-electron chi connectivity index (χ4n) is 3.36. The third kappa shape index (κ3) is 3.32. The van der Waals surface area contributed by atoms with Crippen LogP contribution in [-0.2, 0) is 6.54 Å². The summed E-state index contributed by atoms with van der Waals surface area (Å²) in [4.78, 5) is 7.49. The van der Waals surface area contributed by atoms with E-state index in [1.165, 1.54) is 49.0 Å². The fourth-order valence-corrected chi connectivity index (χ4v) is 3.36. The summed E-state index contributed by atoms with van der Waals surface area (Å²) in [6.07, 6.45) is 6.54. The van der Waals surface area contributed by atoms with E-state index >= 15 is 0 Å². The molecule has 20 heavy (non-hydrogen) atoms. The van der Waals surface area contributed by atoms with Crippen molar-refractivity contribution >= 4 is 5.82 Å². The van der Waals surface area contributed by atoms with Gasteiger partial charge in [0.1, 0.15) is 5.82 Å². The smallest absolute Gasteiger partial charge is 0.133 e. The monoisotopic (exact) mass is 275 g/mol. The maximum atomic E-state index is 4.90. The fraction of sp³-hybridized carbons (Fsp3) is 0.706. The highest BCUT2D eigenvalue weighted by Gasteiger charge is 2.23. The van der Waals surface area contributed by atoms with Crippen molar-refractivity contribution in [3.05, 3.63) is 22.9 Å². The molecule has 2 heterocycles. The van der Waals surface area contributed by atoms with E-state index in [0.29, 0.717) is 6.04 Å². The Morgan fingerprint density at radius 1 is 1.30 bits per heavy atom. The molecule has 1 aromatic rings. The highest BCUT2D eigenvalue weighted by atomic mass is 15.2. The van der Waals surface area contributed by atoms with Gasteiger partial charge in [0, 0.05) is 30.4 Å². The van der Waals surface area contributed by atoms with Crippen molar-refractivity contribution in [1.82, 2.24) is 10.3 Å². The van der Waals surface area contributed by atoms with E-state index in [1.807, 2.05) is 7.05 Å². The van der Waals surface area contributed by atoms with Gasteiger partial charge >= 0.3 is 0 Å². The molecule has 0 saturated carbocycles. The van der Waals surface area contributed by atoms with Crippen molar-refractivity contribution in [3.8, 4) is 0 Å². The second kappa shape index (κ2) is 7.07. The van der Waals surface area contributed by atoms with Gasteiger partial charge < -0.3 is 10.2 Å². The normalized spacial score (nSPS) is 20.0. The van der Waals surface area contributed by atoms with Gasteiger partial charge in [-0.3, -0.25) is 0 Å². The number of hydrogen-bond donors (Lipinski definition) is 1. The summed E-state index contributed by atoms with van der Waals surface area (Å²) in [7, 11) is 2.02. The second-order valence-corrected chi connectivity index (χ2v) is 6.02. The molecule has 3 heteroatoms. The molecule has 1 N–H and O–H groups in total. The summed E-state index contributed by atoms with van der Waals surface area (Å²) in [6.45, 7) is 8.69. The number of hydrogen-bond acceptors (Lipinski definition) is 3. The van der Waals surface area contributed by atoms with Crippen LogP contribution in [0, 0.1) is 13.8 Å². The summed E-state index contributed by atoms with van der Waals surface area (Å²) >= 11 is 0. The molecule has 112 valence electrons. The zero-order chi connectivity index (χ0) is 14.5. The number of aromatic nitrogens is 1. The van der Waals surface area contributed by atoms with Crippen LogP contribution >= 0.6 is 0 Å². The van der Waals surface area contributed by atoms with E-state index in [1.54, 1.807) is 0 Å². The van der Waals surface area contributed by atoms with Crippen LogP contribution in [0.4, 0.5) is 5.82 Å². The lowest BCUT2D eigenvalue weighted by molar-refractivity contribution is 0.549. The summed E-state index contributed by atoms with van der Waals surface area (Å²) in [5, 5.41) is 3.31. The highest BCUT2D eigenvalue weighted by molar-refractivity contribution is 5.52. The number of nitrogens with zero attached hydrogens (tertiary/aromatic N) is 2. The molecule has 0 spiro atoms. The molecule has 1 fully saturated rings. The van der Waals surface area contributed by atoms with Crippen LogP contribution in [0.15, 0.2) is 6.07 Å². The number of aryl methyl sites for hydroxylation is 2. The van der Waals surface area contributed by atoms with Gasteiger partial charge in [-0.1, -0.05) is 19.8 Å². The van der Waals surface area contributed by atoms with Crippen molar-refractivity contribution in [2.24, 2.45) is 0 Å². The average molecular weight is 275 g/mol. The first-order valence-corrected chi connectivity index (χ1v) is 8.05. The van der Waals surface area contributed by atoms with Crippen LogP contribution in [0.1, 0.15) is 55.8 Å². The van der Waals surface area contributed by atoms with Crippen LogP contribution < -0.4 is 10.2 Å². The Balaban J connectivity index is 2.42. The van der Waals surface area contributed by atoms with E-state index in [2.05, 4.69) is 37.1 Å². The van der Waals surface area contributed by atoms with Crippen molar-refractivity contribution in [2.45, 2.75) is 65.5 Å². The number of rotatable bonds is 4. The number of nitrogens with one attached hydrogen (secondary N) is 1. The van der Waals surface area contributed by atoms with E-state index < -0.39 is 0 Å². The van der Waals surface area contributed by atoms with Crippen molar-refractivity contribution < 1.29 is 0 Å². The van der Waals surface area contributed by atoms with Crippen molar-refractivity contribution in [2.75, 3.05) is 18.5 Å². The third-order valence-corrected chi connectivity index (χ3v) is 4.43. The van der Waals surface area contributed by atoms with Crippen LogP contribution in [0.3, 0.4) is 0 Å². The van der Waals surface area contributed by atoms with Crippen molar-refractivity contribution in [1.29, 1.82) is 0 Å². The van der Waals surface area contributed by atoms with Gasteiger partial charge in [0.25, 0.3) is 0 Å². The largest absolute Gasteiger partial charge is 0.353 e. The number of pyridine rings is 1. The summed E-state index contributed by atoms with van der Waals surface area (Å²) in [5.41, 5.74) is 3.87. The van der Waals surface area contributed by atoms with Crippen LogP contribution in [0.25, 0.3) is 0 Å². The van der Waals surface area contributed by atoms with E-state index in [-0.39, 0.29) is 0 Å². The van der Waals surface area contributed by atoms with Crippen LogP contribution in [0.5, 0.6) is 0 Å². The maximum Gasteiger partial charge on any atom is 0.133 e. The standard InChI is InChI=1S/C17H29N3/c1-5-15-9-7-6-8-10-20(15)17-16(12-18-4)13(2)11-14(3)19-17/h11,15,18H,5-10,12H2,1-4H3. The Hall–Kier alpha value is -1.09. The minimum absolute atomic E-state index is 0.654. The molecular weight excluding hydrogens is 246 g/mol. The molecule has 1 aliphatic heterocycles. The lowest BCUT2D eigenvalue weighted by Gasteiger charge is -2.33. The van der Waals surface area contributed by atoms with Gasteiger partial charge in [-0.25, -0.2) is 4.98 Å². The Bertz CT molecular complexity index is 442. The minimum Gasteiger partial charge on any atom is -0.353 e. The molecule has 3 nitrogen and oxygen atoms in total. The molecule has 1 aliphatic rings. The average Bonchev–Trinajstić information content (AvgIpc) is 2.66. The first-order chi connectivity index (χ1) is 9.67. The summed E-state index contributed by atoms with van der Waals surface area (Å²) in [5.74, 6) is 1.23. The molecule has 1 aromatic heterocycles. The number of anilines is 1. The van der Waals surface area contributed by atoms with Gasteiger partial charge in [-0.05, 0) is 51.8 Å². The van der Waals surface area contributed by atoms with Gasteiger partial charge in [0.15, 0.2) is 0 Å². The zero-order valence-corrected chi connectivity index (χ0v) is 13.5. The highest BCUT2D eigenvalue weighted by Crippen LogP contribution is 2.29. The molecule has 1 unspecified atom stereocenters. The van der Waals surface area contributed by atoms with Gasteiger partial charge in [-0.2, -0.15) is 0 Å². The van der Waals surface area contributed by atoms with Crippen LogP contribution in [0.2, 0.25) is 0 Å². The Morgan fingerprint density at radius 3 is 2.80 bits per heavy atom. The lowest BCUT2D eigenvalue weighted by Crippen LogP contribution is -2.36. The van der Waals surface area contributed by atoms with Gasteiger partial charge in [-0.15, -0.1) is 0 Å². The molecule has 0 amide bonds. The summed E-state index contributed by atoms with van der Waals surface area (Å²) < 4.78 is 0. The lowest BCUT2D eigenvalue weighted by atomic mass is 10.0. The topological polar surface area (TPSA) is 28.2 Å². The van der Waals surface area contributed by atoms with E-state index in [4.69, 9.17) is 4.98 Å². The molecule has 0 aromatic carbocycles. The Labute approximate surface area is 123 Å².